The molecule has 0 aromatic carbocycles. The molecular weight excluding hydrogens is 174 g/mol. The quantitative estimate of drug-likeness (QED) is 0.730. The first-order valence-corrected chi connectivity index (χ1v) is 6.06. The summed E-state index contributed by atoms with van der Waals surface area (Å²) in [5, 5.41) is 3.44. The molecule has 1 aliphatic carbocycles. The predicted octanol–water partition coefficient (Wildman–Crippen LogP) is 2.33. The van der Waals surface area contributed by atoms with Crippen molar-refractivity contribution in [2.24, 2.45) is 5.92 Å². The zero-order valence-corrected chi connectivity index (χ0v) is 9.51. The lowest BCUT2D eigenvalue weighted by Crippen LogP contribution is -2.47. The molecule has 1 saturated carbocycles. The Kier molecular flexibility index (Phi) is 3.13. The van der Waals surface area contributed by atoms with E-state index in [9.17, 15) is 0 Å². The molecule has 2 atom stereocenters. The summed E-state index contributed by atoms with van der Waals surface area (Å²) < 4.78 is 5.88. The van der Waals surface area contributed by atoms with Crippen molar-refractivity contribution in [1.29, 1.82) is 0 Å². The Hall–Kier alpha value is -0.0800. The first-order chi connectivity index (χ1) is 6.74. The summed E-state index contributed by atoms with van der Waals surface area (Å²) in [6.45, 7) is 3.23. The Morgan fingerprint density at radius 3 is 2.79 bits per heavy atom. The molecule has 2 fully saturated rings. The second kappa shape index (κ2) is 4.19. The zero-order chi connectivity index (χ0) is 10.0. The molecule has 2 unspecified atom stereocenters. The normalized spacial score (nSPS) is 34.7. The zero-order valence-electron chi connectivity index (χ0n) is 9.51. The number of ether oxygens (including phenoxy) is 1. The van der Waals surface area contributed by atoms with Crippen LogP contribution >= 0.6 is 0 Å². The van der Waals surface area contributed by atoms with E-state index in [1.807, 2.05) is 0 Å². The molecule has 2 aliphatic rings. The van der Waals surface area contributed by atoms with Crippen molar-refractivity contribution in [3.63, 3.8) is 0 Å². The molecule has 1 N–H and O–H groups in total. The van der Waals surface area contributed by atoms with Gasteiger partial charge in [-0.15, -0.1) is 0 Å². The fourth-order valence-electron chi connectivity index (χ4n) is 2.64. The molecule has 1 heterocycles. The molecule has 82 valence electrons. The molecule has 1 saturated heterocycles. The van der Waals surface area contributed by atoms with Crippen molar-refractivity contribution >= 4 is 0 Å². The number of likely N-dealkylation sites (N-methyl/N-ethyl adjacent to an activating group) is 1. The van der Waals surface area contributed by atoms with Crippen LogP contribution in [0, 0.1) is 5.92 Å². The van der Waals surface area contributed by atoms with E-state index >= 15 is 0 Å². The lowest BCUT2D eigenvalue weighted by molar-refractivity contribution is -0.0126. The van der Waals surface area contributed by atoms with Crippen LogP contribution in [0.25, 0.3) is 0 Å². The number of hydrogen-bond acceptors (Lipinski definition) is 2. The second-order valence-electron chi connectivity index (χ2n) is 5.13. The van der Waals surface area contributed by atoms with Crippen molar-refractivity contribution in [2.75, 3.05) is 13.7 Å². The summed E-state index contributed by atoms with van der Waals surface area (Å²) >= 11 is 0. The Morgan fingerprint density at radius 1 is 1.50 bits per heavy atom. The summed E-state index contributed by atoms with van der Waals surface area (Å²) in [6.07, 6.45) is 8.07. The van der Waals surface area contributed by atoms with Crippen LogP contribution in [0.15, 0.2) is 0 Å². The van der Waals surface area contributed by atoms with Crippen molar-refractivity contribution in [3.05, 3.63) is 0 Å². The van der Waals surface area contributed by atoms with E-state index in [1.54, 1.807) is 0 Å². The van der Waals surface area contributed by atoms with Crippen LogP contribution in [0.1, 0.15) is 45.4 Å². The molecular formula is C12H23NO. The maximum absolute atomic E-state index is 5.88. The fraction of sp³-hybridized carbons (Fsp3) is 1.00. The van der Waals surface area contributed by atoms with E-state index in [4.69, 9.17) is 4.74 Å². The summed E-state index contributed by atoms with van der Waals surface area (Å²) in [5.41, 5.74) is 0.115. The Balaban J connectivity index is 1.82. The number of rotatable bonds is 5. The van der Waals surface area contributed by atoms with Gasteiger partial charge in [0, 0.05) is 12.6 Å². The minimum atomic E-state index is 0.115. The van der Waals surface area contributed by atoms with E-state index in [1.165, 1.54) is 38.5 Å². The molecule has 0 aromatic heterocycles. The van der Waals surface area contributed by atoms with Gasteiger partial charge >= 0.3 is 0 Å². The first kappa shape index (κ1) is 10.4. The van der Waals surface area contributed by atoms with Crippen molar-refractivity contribution in [2.45, 2.75) is 57.1 Å². The molecule has 0 amide bonds. The van der Waals surface area contributed by atoms with Gasteiger partial charge in [0.1, 0.15) is 0 Å². The van der Waals surface area contributed by atoms with E-state index in [0.29, 0.717) is 6.04 Å². The van der Waals surface area contributed by atoms with E-state index in [2.05, 4.69) is 19.3 Å². The third kappa shape index (κ3) is 2.29. The summed E-state index contributed by atoms with van der Waals surface area (Å²) in [6, 6.07) is 0.561. The molecule has 14 heavy (non-hydrogen) atoms. The van der Waals surface area contributed by atoms with Gasteiger partial charge in [-0.3, -0.25) is 0 Å². The van der Waals surface area contributed by atoms with E-state index < -0.39 is 0 Å². The lowest BCUT2D eigenvalue weighted by atomic mass is 9.89. The molecule has 1 aliphatic heterocycles. The average molecular weight is 197 g/mol. The standard InChI is InChI=1S/C12H23NO/c1-12(8-3-9-14-12)11(13-2)7-6-10-4-5-10/h10-11,13H,3-9H2,1-2H3. The van der Waals surface area contributed by atoms with Crippen LogP contribution in [0.4, 0.5) is 0 Å². The van der Waals surface area contributed by atoms with Gasteiger partial charge in [-0.25, -0.2) is 0 Å². The van der Waals surface area contributed by atoms with Crippen LogP contribution in [0.3, 0.4) is 0 Å². The minimum Gasteiger partial charge on any atom is -0.374 e. The fourth-order valence-corrected chi connectivity index (χ4v) is 2.64. The molecule has 0 radical (unpaired) electrons. The van der Waals surface area contributed by atoms with E-state index in [-0.39, 0.29) is 5.60 Å². The van der Waals surface area contributed by atoms with E-state index in [0.717, 1.165) is 12.5 Å². The Labute approximate surface area is 87.4 Å². The summed E-state index contributed by atoms with van der Waals surface area (Å²) in [4.78, 5) is 0. The van der Waals surface area contributed by atoms with Gasteiger partial charge < -0.3 is 10.1 Å². The van der Waals surface area contributed by atoms with Crippen LogP contribution in [-0.4, -0.2) is 25.3 Å². The topological polar surface area (TPSA) is 21.3 Å². The molecule has 2 nitrogen and oxygen atoms in total. The number of nitrogens with one attached hydrogen (secondary N) is 1. The second-order valence-corrected chi connectivity index (χ2v) is 5.13. The summed E-state index contributed by atoms with van der Waals surface area (Å²) in [7, 11) is 2.07. The third-order valence-corrected chi connectivity index (χ3v) is 3.90. The van der Waals surface area contributed by atoms with Gasteiger partial charge in [0.15, 0.2) is 0 Å². The monoisotopic (exact) mass is 197 g/mol. The number of hydrogen-bond donors (Lipinski definition) is 1. The van der Waals surface area contributed by atoms with Gasteiger partial charge in [-0.05, 0) is 45.6 Å². The van der Waals surface area contributed by atoms with Gasteiger partial charge in [-0.2, -0.15) is 0 Å². The highest BCUT2D eigenvalue weighted by atomic mass is 16.5. The molecule has 2 heteroatoms. The van der Waals surface area contributed by atoms with Crippen LogP contribution < -0.4 is 5.32 Å². The van der Waals surface area contributed by atoms with Gasteiger partial charge in [-0.1, -0.05) is 12.8 Å². The summed E-state index contributed by atoms with van der Waals surface area (Å²) in [5.74, 6) is 1.04. The van der Waals surface area contributed by atoms with Crippen LogP contribution in [0.2, 0.25) is 0 Å². The maximum atomic E-state index is 5.88. The third-order valence-electron chi connectivity index (χ3n) is 3.90. The largest absolute Gasteiger partial charge is 0.374 e. The molecule has 0 bridgehead atoms. The van der Waals surface area contributed by atoms with Gasteiger partial charge in [0.25, 0.3) is 0 Å². The van der Waals surface area contributed by atoms with Crippen LogP contribution in [-0.2, 0) is 4.74 Å². The highest BCUT2D eigenvalue weighted by molar-refractivity contribution is 4.92. The SMILES string of the molecule is CNC(CCC1CC1)C1(C)CCCO1. The maximum Gasteiger partial charge on any atom is 0.0807 e. The minimum absolute atomic E-state index is 0.115. The van der Waals surface area contributed by atoms with Gasteiger partial charge in [0.05, 0.1) is 5.60 Å². The smallest absolute Gasteiger partial charge is 0.0807 e. The van der Waals surface area contributed by atoms with Crippen LogP contribution in [0.5, 0.6) is 0 Å². The molecule has 2 rings (SSSR count). The lowest BCUT2D eigenvalue weighted by Gasteiger charge is -2.33. The molecule has 0 spiro atoms. The van der Waals surface area contributed by atoms with Crippen molar-refractivity contribution in [1.82, 2.24) is 5.32 Å². The Morgan fingerprint density at radius 2 is 2.29 bits per heavy atom. The van der Waals surface area contributed by atoms with Crippen molar-refractivity contribution in [3.8, 4) is 0 Å². The highest BCUT2D eigenvalue weighted by Gasteiger charge is 2.38. The average Bonchev–Trinajstić information content (AvgIpc) is 2.89. The highest BCUT2D eigenvalue weighted by Crippen LogP contribution is 2.37. The Bertz CT molecular complexity index is 183. The predicted molar refractivity (Wildman–Crippen MR) is 58.4 cm³/mol. The molecule has 0 aromatic rings. The van der Waals surface area contributed by atoms with Gasteiger partial charge in [0.2, 0.25) is 0 Å². The van der Waals surface area contributed by atoms with Crippen molar-refractivity contribution < 1.29 is 4.74 Å². The first-order valence-electron chi connectivity index (χ1n) is 6.06.